The van der Waals surface area contributed by atoms with E-state index in [1.165, 1.54) is 0 Å². The van der Waals surface area contributed by atoms with Crippen molar-refractivity contribution in [1.82, 2.24) is 4.98 Å². The Balaban J connectivity index is 0.000000159. The van der Waals surface area contributed by atoms with Crippen molar-refractivity contribution in [3.8, 4) is 22.4 Å². The number of nitrogens with zero attached hydrogens (tertiary/aromatic N) is 3. The lowest BCUT2D eigenvalue weighted by Gasteiger charge is -2.30. The maximum Gasteiger partial charge on any atom is 0.178 e. The zero-order chi connectivity index (χ0) is 67.5. The zero-order valence-corrected chi connectivity index (χ0v) is 54.2. The van der Waals surface area contributed by atoms with Crippen molar-refractivity contribution in [3.63, 3.8) is 0 Å². The number of aromatic nitrogens is 1. The van der Waals surface area contributed by atoms with Gasteiger partial charge in [-0.15, -0.1) is 0 Å². The van der Waals surface area contributed by atoms with E-state index in [0.717, 1.165) is 89.9 Å². The standard InChI is InChI=1S/C41H31N3.3C17H14O/c1-5-18-35(19-6-1)43(36-20-7-2-8-21-36)39-29-34(32-16-15-17-33(28-32)41-26-13-14-27-42-41)30-40(31-39)44(37-22-9-3-10-23-37)38-24-11-4-12-25-38;3*18-17(13-11-15-7-3-1-4-8-15)14-12-16-9-5-2-6-10-16/h1-31H;3*1-14H. The SMILES string of the molecule is O=C(C=Cc1ccccc1)C=Cc1ccccc1.O=C(C=Cc1ccccc1)C=Cc1ccccc1.O=C(C=Cc1ccccc1)C=Cc1ccccc1.c1ccc(N(c2ccccc2)c2cc(-c3cccc(-c4ccccn4)c3)cc(N(c3ccccc3)c3ccccc3)c2)cc1. The Morgan fingerprint density at radius 2 is 0.459 bits per heavy atom. The number of hydrogen-bond donors (Lipinski definition) is 0. The first kappa shape index (κ1) is 67.7. The van der Waals surface area contributed by atoms with Gasteiger partial charge in [0.25, 0.3) is 0 Å². The second-order valence-electron chi connectivity index (χ2n) is 22.2. The fourth-order valence-corrected chi connectivity index (χ4v) is 10.2. The minimum Gasteiger partial charge on any atom is -0.310 e. The Morgan fingerprint density at radius 1 is 0.214 bits per heavy atom. The van der Waals surface area contributed by atoms with Gasteiger partial charge in [-0.2, -0.15) is 0 Å². The molecule has 0 fully saturated rings. The molecule has 0 N–H and O–H groups in total. The number of hydrogen-bond acceptors (Lipinski definition) is 6. The first-order valence-electron chi connectivity index (χ1n) is 32.3. The summed E-state index contributed by atoms with van der Waals surface area (Å²) >= 11 is 0. The molecule has 0 saturated heterocycles. The van der Waals surface area contributed by atoms with E-state index < -0.39 is 0 Å². The fourth-order valence-electron chi connectivity index (χ4n) is 10.2. The van der Waals surface area contributed by atoms with Crippen LogP contribution in [0, 0.1) is 0 Å². The van der Waals surface area contributed by atoms with Gasteiger partial charge in [-0.05, 0) is 166 Å². The lowest BCUT2D eigenvalue weighted by molar-refractivity contribution is -0.111. The smallest absolute Gasteiger partial charge is 0.178 e. The van der Waals surface area contributed by atoms with Crippen LogP contribution < -0.4 is 9.80 Å². The van der Waals surface area contributed by atoms with E-state index >= 15 is 0 Å². The molecule has 13 aromatic rings. The summed E-state index contributed by atoms with van der Waals surface area (Å²) < 4.78 is 0. The number of ketones is 3. The number of para-hydroxylation sites is 4. The normalized spacial score (nSPS) is 10.9. The average molecular weight is 1270 g/mol. The molecule has 0 saturated carbocycles. The molecule has 474 valence electrons. The van der Waals surface area contributed by atoms with Gasteiger partial charge in [0.1, 0.15) is 0 Å². The molecule has 0 aliphatic heterocycles. The van der Waals surface area contributed by atoms with E-state index in [4.69, 9.17) is 0 Å². The summed E-state index contributed by atoms with van der Waals surface area (Å²) in [5.74, 6) is -0.0341. The highest BCUT2D eigenvalue weighted by molar-refractivity contribution is 6.06. The Morgan fingerprint density at radius 3 is 0.714 bits per heavy atom. The summed E-state index contributed by atoms with van der Waals surface area (Å²) in [6, 6.07) is 122. The van der Waals surface area contributed by atoms with Crippen molar-refractivity contribution >= 4 is 87.9 Å². The zero-order valence-electron chi connectivity index (χ0n) is 54.2. The van der Waals surface area contributed by atoms with Gasteiger partial charge in [0, 0.05) is 45.9 Å². The summed E-state index contributed by atoms with van der Waals surface area (Å²) in [6.45, 7) is 0. The van der Waals surface area contributed by atoms with E-state index in [1.54, 1.807) is 36.5 Å². The van der Waals surface area contributed by atoms with Crippen molar-refractivity contribution in [3.05, 3.63) is 440 Å². The summed E-state index contributed by atoms with van der Waals surface area (Å²) in [6.07, 6.45) is 22.2. The van der Waals surface area contributed by atoms with Crippen molar-refractivity contribution < 1.29 is 14.4 Å². The van der Waals surface area contributed by atoms with E-state index in [1.807, 2.05) is 237 Å². The minimum absolute atomic E-state index is 0.0114. The number of carbonyl (C=O) groups is 3. The maximum absolute atomic E-state index is 11.6. The monoisotopic (exact) mass is 1270 g/mol. The van der Waals surface area contributed by atoms with Gasteiger partial charge in [-0.1, -0.05) is 316 Å². The molecule has 12 aromatic carbocycles. The Labute approximate surface area is 576 Å². The van der Waals surface area contributed by atoms with Crippen LogP contribution in [-0.4, -0.2) is 22.3 Å². The maximum atomic E-state index is 11.6. The van der Waals surface area contributed by atoms with Crippen LogP contribution in [0.25, 0.3) is 58.8 Å². The third kappa shape index (κ3) is 22.0. The summed E-state index contributed by atoms with van der Waals surface area (Å²) in [5.41, 5.74) is 16.9. The number of allylic oxidation sites excluding steroid dienone is 6. The lowest BCUT2D eigenvalue weighted by atomic mass is 9.99. The second-order valence-corrected chi connectivity index (χ2v) is 22.2. The number of benzene rings is 12. The first-order chi connectivity index (χ1) is 48.4. The Kier molecular flexibility index (Phi) is 25.9. The quantitative estimate of drug-likeness (QED) is 0.0708. The van der Waals surface area contributed by atoms with E-state index in [2.05, 4.69) is 185 Å². The van der Waals surface area contributed by atoms with E-state index in [0.29, 0.717) is 0 Å². The molecule has 0 radical (unpaired) electrons. The van der Waals surface area contributed by atoms with Gasteiger partial charge in [-0.25, -0.2) is 0 Å². The number of pyridine rings is 1. The molecule has 0 aliphatic carbocycles. The van der Waals surface area contributed by atoms with Gasteiger partial charge in [0.15, 0.2) is 17.3 Å². The highest BCUT2D eigenvalue weighted by Gasteiger charge is 2.19. The molecular weight excluding hydrogens is 1200 g/mol. The highest BCUT2D eigenvalue weighted by Crippen LogP contribution is 2.43. The molecule has 0 amide bonds. The first-order valence-corrected chi connectivity index (χ1v) is 32.3. The number of anilines is 6. The predicted octanol–water partition coefficient (Wildman–Crippen LogP) is 23.3. The van der Waals surface area contributed by atoms with E-state index in [9.17, 15) is 14.4 Å². The lowest BCUT2D eigenvalue weighted by Crippen LogP contribution is -2.13. The van der Waals surface area contributed by atoms with Crippen LogP contribution in [0.15, 0.2) is 407 Å². The molecule has 6 nitrogen and oxygen atoms in total. The summed E-state index contributed by atoms with van der Waals surface area (Å²) in [5, 5.41) is 0. The van der Waals surface area contributed by atoms with Gasteiger partial charge in [0.2, 0.25) is 0 Å². The van der Waals surface area contributed by atoms with Gasteiger partial charge >= 0.3 is 0 Å². The Hall–Kier alpha value is -13.2. The largest absolute Gasteiger partial charge is 0.310 e. The van der Waals surface area contributed by atoms with Gasteiger partial charge < -0.3 is 9.80 Å². The summed E-state index contributed by atoms with van der Waals surface area (Å²) in [7, 11) is 0. The molecule has 0 unspecified atom stereocenters. The van der Waals surface area contributed by atoms with Crippen molar-refractivity contribution in [1.29, 1.82) is 0 Å². The molecule has 98 heavy (non-hydrogen) atoms. The van der Waals surface area contributed by atoms with Crippen LogP contribution in [0.3, 0.4) is 0 Å². The van der Waals surface area contributed by atoms with Gasteiger partial charge in [-0.3, -0.25) is 19.4 Å². The Bertz CT molecular complexity index is 4130. The van der Waals surface area contributed by atoms with Crippen LogP contribution in [0.5, 0.6) is 0 Å². The van der Waals surface area contributed by atoms with Crippen LogP contribution in [-0.2, 0) is 14.4 Å². The van der Waals surface area contributed by atoms with Crippen molar-refractivity contribution in [2.24, 2.45) is 0 Å². The van der Waals surface area contributed by atoms with E-state index in [-0.39, 0.29) is 17.3 Å². The average Bonchev–Trinajstić information content (AvgIpc) is 0.777. The number of rotatable bonds is 20. The third-order valence-corrected chi connectivity index (χ3v) is 15.1. The second kappa shape index (κ2) is 37.5. The molecular formula is C92H73N3O3. The minimum atomic E-state index is -0.0114. The van der Waals surface area contributed by atoms with Crippen molar-refractivity contribution in [2.45, 2.75) is 0 Å². The predicted molar refractivity (Wildman–Crippen MR) is 412 cm³/mol. The topological polar surface area (TPSA) is 70.6 Å². The van der Waals surface area contributed by atoms with Crippen LogP contribution in [0.4, 0.5) is 34.1 Å². The molecule has 13 rings (SSSR count). The number of carbonyl (C=O) groups excluding carboxylic acids is 3. The van der Waals surface area contributed by atoms with Crippen LogP contribution in [0.2, 0.25) is 0 Å². The van der Waals surface area contributed by atoms with Crippen LogP contribution >= 0.6 is 0 Å². The fraction of sp³-hybridized carbons (Fsp3) is 0. The molecule has 0 bridgehead atoms. The molecule has 0 atom stereocenters. The molecule has 6 heteroatoms. The summed E-state index contributed by atoms with van der Waals surface area (Å²) in [4.78, 5) is 44.1. The highest BCUT2D eigenvalue weighted by atomic mass is 16.1. The third-order valence-electron chi connectivity index (χ3n) is 15.1. The molecule has 1 aromatic heterocycles. The molecule has 0 aliphatic rings. The van der Waals surface area contributed by atoms with Crippen molar-refractivity contribution in [2.75, 3.05) is 9.80 Å². The molecule has 0 spiro atoms. The van der Waals surface area contributed by atoms with Crippen LogP contribution in [0.1, 0.15) is 33.4 Å². The van der Waals surface area contributed by atoms with Gasteiger partial charge in [0.05, 0.1) is 5.69 Å². The molecule has 1 heterocycles.